The SMILES string of the molecule is C[C@H](CC[C@H](O)C(C)(C)O)[C@H]1CC[C@H]2[C@@H]3CC=C4C[C@@H](O)CC[C@]4(C)[C@H]3CC[C@]12C. The van der Waals surface area contributed by atoms with Gasteiger partial charge in [0, 0.05) is 0 Å². The molecule has 4 aliphatic rings. The number of fused-ring (bicyclic) bond motifs is 5. The monoisotopic (exact) mass is 418 g/mol. The molecule has 3 nitrogen and oxygen atoms in total. The second kappa shape index (κ2) is 7.89. The fourth-order valence-electron chi connectivity index (χ4n) is 8.59. The number of hydrogen-bond acceptors (Lipinski definition) is 3. The molecule has 0 amide bonds. The summed E-state index contributed by atoms with van der Waals surface area (Å²) in [5.74, 6) is 3.78. The molecule has 0 aromatic rings. The lowest BCUT2D eigenvalue weighted by Crippen LogP contribution is -2.50. The minimum Gasteiger partial charge on any atom is -0.393 e. The maximum absolute atomic E-state index is 10.3. The third kappa shape index (κ3) is 3.71. The van der Waals surface area contributed by atoms with Crippen molar-refractivity contribution < 1.29 is 15.3 Å². The van der Waals surface area contributed by atoms with Crippen LogP contribution in [0.2, 0.25) is 0 Å². The average molecular weight is 419 g/mol. The molecule has 0 radical (unpaired) electrons. The Hall–Kier alpha value is -0.380. The van der Waals surface area contributed by atoms with E-state index in [0.717, 1.165) is 42.9 Å². The van der Waals surface area contributed by atoms with E-state index in [9.17, 15) is 15.3 Å². The highest BCUT2D eigenvalue weighted by molar-refractivity contribution is 5.25. The van der Waals surface area contributed by atoms with Crippen LogP contribution >= 0.6 is 0 Å². The molecule has 0 aliphatic heterocycles. The van der Waals surface area contributed by atoms with Crippen LogP contribution in [0.25, 0.3) is 0 Å². The molecule has 30 heavy (non-hydrogen) atoms. The average Bonchev–Trinajstić information content (AvgIpc) is 3.03. The van der Waals surface area contributed by atoms with Crippen LogP contribution in [0.15, 0.2) is 11.6 Å². The largest absolute Gasteiger partial charge is 0.393 e. The summed E-state index contributed by atoms with van der Waals surface area (Å²) in [7, 11) is 0. The Labute approximate surface area is 184 Å². The van der Waals surface area contributed by atoms with Gasteiger partial charge in [-0.05, 0) is 118 Å². The van der Waals surface area contributed by atoms with E-state index < -0.39 is 11.7 Å². The van der Waals surface area contributed by atoms with Crippen molar-refractivity contribution in [3.8, 4) is 0 Å². The van der Waals surface area contributed by atoms with Gasteiger partial charge in [-0.1, -0.05) is 32.4 Å². The van der Waals surface area contributed by atoms with E-state index in [1.165, 1.54) is 38.5 Å². The summed E-state index contributed by atoms with van der Waals surface area (Å²) in [6.07, 6.45) is 13.1. The summed E-state index contributed by atoms with van der Waals surface area (Å²) in [6.45, 7) is 10.9. The third-order valence-corrected chi connectivity index (χ3v) is 10.5. The molecule has 3 N–H and O–H groups in total. The van der Waals surface area contributed by atoms with Crippen LogP contribution in [0.4, 0.5) is 0 Å². The molecule has 0 unspecified atom stereocenters. The molecule has 3 saturated carbocycles. The molecule has 172 valence electrons. The molecule has 4 rings (SSSR count). The second-order valence-electron chi connectivity index (χ2n) is 12.6. The van der Waals surface area contributed by atoms with E-state index >= 15 is 0 Å². The lowest BCUT2D eigenvalue weighted by Gasteiger charge is -2.58. The number of allylic oxidation sites excluding steroid dienone is 1. The molecule has 4 aliphatic carbocycles. The summed E-state index contributed by atoms with van der Waals surface area (Å²) in [4.78, 5) is 0. The molecule has 0 heterocycles. The van der Waals surface area contributed by atoms with Gasteiger partial charge in [-0.25, -0.2) is 0 Å². The standard InChI is InChI=1S/C27H46O3/c1-17(6-11-24(29)25(2,3)30)21-9-10-22-20-8-7-18-16-19(28)12-14-26(18,4)23(20)13-15-27(21,22)5/h7,17,19-24,28-30H,6,8-16H2,1-5H3/t17-,19+,20+,21-,22+,23+,24+,26+,27-/m1/s1. The van der Waals surface area contributed by atoms with Gasteiger partial charge >= 0.3 is 0 Å². The maximum Gasteiger partial charge on any atom is 0.0849 e. The number of aliphatic hydroxyl groups is 3. The Morgan fingerprint density at radius 2 is 1.80 bits per heavy atom. The zero-order chi connectivity index (χ0) is 21.9. The molecule has 3 heteroatoms. The molecular weight excluding hydrogens is 372 g/mol. The topological polar surface area (TPSA) is 60.7 Å². The number of aliphatic hydroxyl groups excluding tert-OH is 2. The third-order valence-electron chi connectivity index (χ3n) is 10.5. The number of hydrogen-bond donors (Lipinski definition) is 3. The highest BCUT2D eigenvalue weighted by atomic mass is 16.3. The van der Waals surface area contributed by atoms with Gasteiger partial charge in [-0.3, -0.25) is 0 Å². The van der Waals surface area contributed by atoms with E-state index in [2.05, 4.69) is 26.8 Å². The van der Waals surface area contributed by atoms with Crippen molar-refractivity contribution in [2.75, 3.05) is 0 Å². The molecule has 0 bridgehead atoms. The highest BCUT2D eigenvalue weighted by Gasteiger charge is 2.59. The fourth-order valence-corrected chi connectivity index (χ4v) is 8.59. The lowest BCUT2D eigenvalue weighted by molar-refractivity contribution is -0.0656. The Kier molecular flexibility index (Phi) is 5.99. The van der Waals surface area contributed by atoms with Crippen LogP contribution < -0.4 is 0 Å². The summed E-state index contributed by atoms with van der Waals surface area (Å²) >= 11 is 0. The lowest BCUT2D eigenvalue weighted by atomic mass is 9.47. The molecule has 0 aromatic carbocycles. The van der Waals surface area contributed by atoms with Gasteiger partial charge in [0.15, 0.2) is 0 Å². The van der Waals surface area contributed by atoms with Gasteiger partial charge in [-0.15, -0.1) is 0 Å². The smallest absolute Gasteiger partial charge is 0.0849 e. The van der Waals surface area contributed by atoms with E-state index in [1.807, 2.05) is 0 Å². The summed E-state index contributed by atoms with van der Waals surface area (Å²) in [5.41, 5.74) is 1.31. The van der Waals surface area contributed by atoms with Crippen LogP contribution in [0.3, 0.4) is 0 Å². The van der Waals surface area contributed by atoms with Gasteiger partial charge in [0.1, 0.15) is 0 Å². The van der Waals surface area contributed by atoms with Crippen LogP contribution in [-0.4, -0.2) is 33.1 Å². The Morgan fingerprint density at radius 3 is 2.50 bits per heavy atom. The summed E-state index contributed by atoms with van der Waals surface area (Å²) in [5, 5.41) is 30.6. The van der Waals surface area contributed by atoms with Crippen LogP contribution in [0.1, 0.15) is 98.8 Å². The van der Waals surface area contributed by atoms with Gasteiger partial charge < -0.3 is 15.3 Å². The van der Waals surface area contributed by atoms with E-state index in [0.29, 0.717) is 23.2 Å². The number of rotatable bonds is 5. The van der Waals surface area contributed by atoms with Crippen molar-refractivity contribution in [2.45, 2.75) is 117 Å². The Bertz CT molecular complexity index is 664. The van der Waals surface area contributed by atoms with E-state index in [-0.39, 0.29) is 6.10 Å². The van der Waals surface area contributed by atoms with Crippen LogP contribution in [0.5, 0.6) is 0 Å². The molecule has 9 atom stereocenters. The second-order valence-corrected chi connectivity index (χ2v) is 12.6. The van der Waals surface area contributed by atoms with Crippen molar-refractivity contribution in [3.63, 3.8) is 0 Å². The predicted molar refractivity (Wildman–Crippen MR) is 122 cm³/mol. The molecule has 0 aromatic heterocycles. The molecule has 0 saturated heterocycles. The fraction of sp³-hybridized carbons (Fsp3) is 0.926. The van der Waals surface area contributed by atoms with Gasteiger partial charge in [0.05, 0.1) is 17.8 Å². The molecule has 3 fully saturated rings. The summed E-state index contributed by atoms with van der Waals surface area (Å²) < 4.78 is 0. The summed E-state index contributed by atoms with van der Waals surface area (Å²) in [6, 6.07) is 0. The highest BCUT2D eigenvalue weighted by Crippen LogP contribution is 2.67. The first-order chi connectivity index (χ1) is 14.0. The van der Waals surface area contributed by atoms with E-state index in [1.54, 1.807) is 19.4 Å². The molecular formula is C27H46O3. The maximum atomic E-state index is 10.3. The van der Waals surface area contributed by atoms with Crippen molar-refractivity contribution in [2.24, 2.45) is 40.4 Å². The van der Waals surface area contributed by atoms with Crippen LogP contribution in [0, 0.1) is 40.4 Å². The van der Waals surface area contributed by atoms with Crippen LogP contribution in [-0.2, 0) is 0 Å². The zero-order valence-corrected chi connectivity index (χ0v) is 20.0. The zero-order valence-electron chi connectivity index (χ0n) is 20.0. The first-order valence-electron chi connectivity index (χ1n) is 12.7. The van der Waals surface area contributed by atoms with E-state index in [4.69, 9.17) is 0 Å². The van der Waals surface area contributed by atoms with Crippen molar-refractivity contribution in [1.82, 2.24) is 0 Å². The van der Waals surface area contributed by atoms with Crippen molar-refractivity contribution >= 4 is 0 Å². The Balaban J connectivity index is 1.47. The first-order valence-corrected chi connectivity index (χ1v) is 12.7. The normalized spacial score (nSPS) is 45.7. The van der Waals surface area contributed by atoms with Crippen molar-refractivity contribution in [1.29, 1.82) is 0 Å². The quantitative estimate of drug-likeness (QED) is 0.519. The Morgan fingerprint density at radius 1 is 1.07 bits per heavy atom. The van der Waals surface area contributed by atoms with Gasteiger partial charge in [-0.2, -0.15) is 0 Å². The van der Waals surface area contributed by atoms with Gasteiger partial charge in [0.25, 0.3) is 0 Å². The first kappa shape index (κ1) is 22.8. The minimum atomic E-state index is -1.00. The molecule has 0 spiro atoms. The minimum absolute atomic E-state index is 0.120. The predicted octanol–water partition coefficient (Wildman–Crippen LogP) is 5.47. The van der Waals surface area contributed by atoms with Crippen molar-refractivity contribution in [3.05, 3.63) is 11.6 Å². The van der Waals surface area contributed by atoms with Gasteiger partial charge in [0.2, 0.25) is 0 Å².